The number of hydrogen-bond acceptors (Lipinski definition) is 6. The first-order valence-corrected chi connectivity index (χ1v) is 11.1. The van der Waals surface area contributed by atoms with E-state index in [2.05, 4.69) is 25.3 Å². The van der Waals surface area contributed by atoms with Gasteiger partial charge in [-0.2, -0.15) is 0 Å². The number of aryl methyl sites for hydroxylation is 1. The number of methoxy groups -OCH3 is 1. The minimum Gasteiger partial charge on any atom is -0.506 e. The van der Waals surface area contributed by atoms with Crippen molar-refractivity contribution in [2.45, 2.75) is 20.0 Å². The third kappa shape index (κ3) is 6.10. The van der Waals surface area contributed by atoms with E-state index in [0.29, 0.717) is 18.8 Å². The van der Waals surface area contributed by atoms with Crippen molar-refractivity contribution in [2.75, 3.05) is 38.2 Å². The van der Waals surface area contributed by atoms with Gasteiger partial charge in [0.1, 0.15) is 17.3 Å². The van der Waals surface area contributed by atoms with Crippen LogP contribution in [0.5, 0.6) is 11.5 Å². The van der Waals surface area contributed by atoms with Crippen molar-refractivity contribution in [3.8, 4) is 11.5 Å². The van der Waals surface area contributed by atoms with Gasteiger partial charge in [-0.25, -0.2) is 4.99 Å². The maximum atomic E-state index is 10.2. The number of guanidine groups is 1. The highest BCUT2D eigenvalue weighted by molar-refractivity contribution is 14.0. The van der Waals surface area contributed by atoms with Crippen molar-refractivity contribution in [3.63, 3.8) is 0 Å². The first-order chi connectivity index (χ1) is 16.0. The fraction of sp³-hybridized carbons (Fsp3) is 0.375. The van der Waals surface area contributed by atoms with Gasteiger partial charge in [0.25, 0.3) is 0 Å². The van der Waals surface area contributed by atoms with Crippen LogP contribution in [-0.4, -0.2) is 64.0 Å². The number of para-hydroxylation sites is 2. The number of ether oxygens (including phenoxy) is 1. The molecule has 0 radical (unpaired) electrons. The molecule has 34 heavy (non-hydrogen) atoms. The van der Waals surface area contributed by atoms with Crippen molar-refractivity contribution in [1.29, 1.82) is 0 Å². The van der Waals surface area contributed by atoms with Crippen LogP contribution in [0, 0.1) is 6.92 Å². The van der Waals surface area contributed by atoms with Gasteiger partial charge in [0.2, 0.25) is 0 Å². The maximum absolute atomic E-state index is 10.2. The number of rotatable bonds is 6. The molecule has 1 fully saturated rings. The van der Waals surface area contributed by atoms with Gasteiger partial charge in [-0.05, 0) is 36.8 Å². The summed E-state index contributed by atoms with van der Waals surface area (Å²) in [7, 11) is 3.63. The normalized spacial score (nSPS) is 14.0. The van der Waals surface area contributed by atoms with Crippen LogP contribution in [-0.2, 0) is 20.1 Å². The standard InChI is InChI=1S/C24H31N7O2.HI/c1-18-27-28-23(29(18)2)17-26-24(25-16-19-8-10-20(33-3)11-9-19)31-14-12-30(13-15-31)21-6-4-5-7-22(21)32;/h4-11,32H,12-17H2,1-3H3,(H,25,26);1H. The number of halogens is 1. The first-order valence-electron chi connectivity index (χ1n) is 11.1. The van der Waals surface area contributed by atoms with Crippen LogP contribution in [0.15, 0.2) is 53.5 Å². The molecule has 182 valence electrons. The third-order valence-electron chi connectivity index (χ3n) is 5.96. The molecule has 0 saturated carbocycles. The second kappa shape index (κ2) is 11.9. The van der Waals surface area contributed by atoms with E-state index in [9.17, 15) is 5.11 Å². The molecule has 1 aliphatic heterocycles. The van der Waals surface area contributed by atoms with Gasteiger partial charge in [0.15, 0.2) is 11.8 Å². The van der Waals surface area contributed by atoms with E-state index in [1.807, 2.05) is 61.0 Å². The molecule has 10 heteroatoms. The number of aromatic nitrogens is 3. The maximum Gasteiger partial charge on any atom is 0.194 e. The zero-order valence-electron chi connectivity index (χ0n) is 19.8. The number of nitrogens with zero attached hydrogens (tertiary/aromatic N) is 6. The van der Waals surface area contributed by atoms with Crippen molar-refractivity contribution in [2.24, 2.45) is 12.0 Å². The molecule has 4 rings (SSSR count). The highest BCUT2D eigenvalue weighted by Gasteiger charge is 2.22. The molecule has 3 aromatic rings. The summed E-state index contributed by atoms with van der Waals surface area (Å²) in [6, 6.07) is 15.4. The Morgan fingerprint density at radius 2 is 1.76 bits per heavy atom. The SMILES string of the molecule is COc1ccc(CN=C(NCc2nnc(C)n2C)N2CCN(c3ccccc3O)CC2)cc1.I. The Morgan fingerprint density at radius 3 is 2.38 bits per heavy atom. The van der Waals surface area contributed by atoms with E-state index in [0.717, 1.165) is 60.8 Å². The Kier molecular flexibility index (Phi) is 8.97. The molecule has 9 nitrogen and oxygen atoms in total. The number of aromatic hydroxyl groups is 1. The molecule has 2 aromatic carbocycles. The van der Waals surface area contributed by atoms with Gasteiger partial charge < -0.3 is 29.5 Å². The van der Waals surface area contributed by atoms with Crippen molar-refractivity contribution >= 4 is 35.6 Å². The van der Waals surface area contributed by atoms with Crippen LogP contribution in [0.25, 0.3) is 0 Å². The van der Waals surface area contributed by atoms with Gasteiger partial charge in [-0.15, -0.1) is 34.2 Å². The van der Waals surface area contributed by atoms with Crippen molar-refractivity contribution in [1.82, 2.24) is 25.0 Å². The number of phenols is 1. The van der Waals surface area contributed by atoms with Gasteiger partial charge in [0, 0.05) is 33.2 Å². The van der Waals surface area contributed by atoms with E-state index in [1.165, 1.54) is 0 Å². The first kappa shape index (κ1) is 25.6. The zero-order valence-corrected chi connectivity index (χ0v) is 22.1. The second-order valence-electron chi connectivity index (χ2n) is 8.03. The molecule has 0 atom stereocenters. The summed E-state index contributed by atoms with van der Waals surface area (Å²) in [5.41, 5.74) is 1.98. The molecule has 0 unspecified atom stereocenters. The number of phenolic OH excluding ortho intramolecular Hbond substituents is 1. The Morgan fingerprint density at radius 1 is 1.06 bits per heavy atom. The second-order valence-corrected chi connectivity index (χ2v) is 8.03. The highest BCUT2D eigenvalue weighted by atomic mass is 127. The molecule has 1 aromatic heterocycles. The molecular formula is C24H32IN7O2. The van der Waals surface area contributed by atoms with E-state index < -0.39 is 0 Å². The van der Waals surface area contributed by atoms with Crippen LogP contribution >= 0.6 is 24.0 Å². The minimum absolute atomic E-state index is 0. The summed E-state index contributed by atoms with van der Waals surface area (Å²) in [5.74, 6) is 3.72. The predicted molar refractivity (Wildman–Crippen MR) is 144 cm³/mol. The van der Waals surface area contributed by atoms with Crippen LogP contribution in [0.4, 0.5) is 5.69 Å². The smallest absolute Gasteiger partial charge is 0.194 e. The average molecular weight is 577 g/mol. The lowest BCUT2D eigenvalue weighted by Gasteiger charge is -2.38. The zero-order chi connectivity index (χ0) is 23.2. The van der Waals surface area contributed by atoms with Crippen LogP contribution in [0.2, 0.25) is 0 Å². The lowest BCUT2D eigenvalue weighted by molar-refractivity contribution is 0.368. The van der Waals surface area contributed by atoms with E-state index >= 15 is 0 Å². The minimum atomic E-state index is 0. The highest BCUT2D eigenvalue weighted by Crippen LogP contribution is 2.27. The molecule has 0 spiro atoms. The number of piperazine rings is 1. The van der Waals surface area contributed by atoms with Crippen molar-refractivity contribution in [3.05, 3.63) is 65.7 Å². The summed E-state index contributed by atoms with van der Waals surface area (Å²) in [4.78, 5) is 9.37. The predicted octanol–water partition coefficient (Wildman–Crippen LogP) is 2.92. The van der Waals surface area contributed by atoms with Crippen LogP contribution in [0.3, 0.4) is 0 Å². The Balaban J connectivity index is 0.00000324. The Hall–Kier alpha value is -3.02. The fourth-order valence-electron chi connectivity index (χ4n) is 3.82. The number of nitrogens with one attached hydrogen (secondary N) is 1. The van der Waals surface area contributed by atoms with Gasteiger partial charge >= 0.3 is 0 Å². The van der Waals surface area contributed by atoms with E-state index in [-0.39, 0.29) is 24.0 Å². The summed E-state index contributed by atoms with van der Waals surface area (Å²) in [6.07, 6.45) is 0. The number of hydrogen-bond donors (Lipinski definition) is 2. The fourth-order valence-corrected chi connectivity index (χ4v) is 3.82. The molecule has 1 aliphatic rings. The van der Waals surface area contributed by atoms with Gasteiger partial charge in [0.05, 0.1) is 25.9 Å². The summed E-state index contributed by atoms with van der Waals surface area (Å²) in [5, 5.41) is 22.1. The monoisotopic (exact) mass is 577 g/mol. The largest absolute Gasteiger partial charge is 0.506 e. The van der Waals surface area contributed by atoms with E-state index in [4.69, 9.17) is 9.73 Å². The molecule has 1 saturated heterocycles. The lowest BCUT2D eigenvalue weighted by Crippen LogP contribution is -2.52. The van der Waals surface area contributed by atoms with Gasteiger partial charge in [-0.3, -0.25) is 0 Å². The number of aliphatic imine (C=N–C) groups is 1. The summed E-state index contributed by atoms with van der Waals surface area (Å²) < 4.78 is 7.23. The number of benzene rings is 2. The molecule has 0 aliphatic carbocycles. The summed E-state index contributed by atoms with van der Waals surface area (Å²) in [6.45, 7) is 6.21. The average Bonchev–Trinajstić information content (AvgIpc) is 3.17. The van der Waals surface area contributed by atoms with Gasteiger partial charge in [-0.1, -0.05) is 24.3 Å². The Bertz CT molecular complexity index is 1090. The quantitative estimate of drug-likeness (QED) is 0.265. The lowest BCUT2D eigenvalue weighted by atomic mass is 10.2. The molecule has 0 bridgehead atoms. The topological polar surface area (TPSA) is 91.0 Å². The van der Waals surface area contributed by atoms with Crippen LogP contribution < -0.4 is 15.0 Å². The molecule has 2 N–H and O–H groups in total. The summed E-state index contributed by atoms with van der Waals surface area (Å²) >= 11 is 0. The molecule has 0 amide bonds. The van der Waals surface area contributed by atoms with Crippen molar-refractivity contribution < 1.29 is 9.84 Å². The molecule has 2 heterocycles. The van der Waals surface area contributed by atoms with E-state index in [1.54, 1.807) is 13.2 Å². The Labute approximate surface area is 217 Å². The third-order valence-corrected chi connectivity index (χ3v) is 5.96. The molecular weight excluding hydrogens is 545 g/mol. The number of anilines is 1. The van der Waals surface area contributed by atoms with Crippen LogP contribution in [0.1, 0.15) is 17.2 Å².